The van der Waals surface area contributed by atoms with Crippen molar-refractivity contribution in [3.8, 4) is 0 Å². The highest BCUT2D eigenvalue weighted by Gasteiger charge is 2.10. The molecule has 3 rings (SSSR count). The highest BCUT2D eigenvalue weighted by atomic mass is 16.1. The maximum Gasteiger partial charge on any atom is 0.187 e. The molecule has 130 valence electrons. The lowest BCUT2D eigenvalue weighted by Crippen LogP contribution is -2.06. The van der Waals surface area contributed by atoms with Crippen molar-refractivity contribution in [2.24, 2.45) is 0 Å². The van der Waals surface area contributed by atoms with Crippen LogP contribution in [0.15, 0.2) is 78.9 Å². The number of anilines is 1. The molecule has 0 fully saturated rings. The molecular formula is C24H23NO. The smallest absolute Gasteiger partial charge is 0.187 e. The first-order valence-corrected chi connectivity index (χ1v) is 8.76. The monoisotopic (exact) mass is 341 g/mol. The second-order valence-corrected chi connectivity index (χ2v) is 6.55. The molecule has 0 amide bonds. The SMILES string of the molecule is Cc1cc(C)c(N/C(=C\C(=O)c2ccccc2)c2ccccc2)c(C)c1. The van der Waals surface area contributed by atoms with Crippen LogP contribution in [0, 0.1) is 20.8 Å². The van der Waals surface area contributed by atoms with Crippen LogP contribution in [0.4, 0.5) is 5.69 Å². The summed E-state index contributed by atoms with van der Waals surface area (Å²) in [5.74, 6) is -0.0145. The number of nitrogens with one attached hydrogen (secondary N) is 1. The van der Waals surface area contributed by atoms with Gasteiger partial charge < -0.3 is 5.32 Å². The maximum atomic E-state index is 12.7. The van der Waals surface area contributed by atoms with E-state index in [1.54, 1.807) is 6.08 Å². The van der Waals surface area contributed by atoms with E-state index < -0.39 is 0 Å². The van der Waals surface area contributed by atoms with Gasteiger partial charge in [-0.1, -0.05) is 78.4 Å². The Morgan fingerprint density at radius 1 is 0.769 bits per heavy atom. The predicted octanol–water partition coefficient (Wildman–Crippen LogP) is 5.95. The normalized spacial score (nSPS) is 11.3. The van der Waals surface area contributed by atoms with E-state index in [0.29, 0.717) is 5.56 Å². The van der Waals surface area contributed by atoms with Gasteiger partial charge in [0.2, 0.25) is 0 Å². The fraction of sp³-hybridized carbons (Fsp3) is 0.125. The van der Waals surface area contributed by atoms with Gasteiger partial charge in [-0.3, -0.25) is 4.79 Å². The lowest BCUT2D eigenvalue weighted by atomic mass is 10.0. The van der Waals surface area contributed by atoms with Crippen LogP contribution in [0.3, 0.4) is 0 Å². The standard InChI is InChI=1S/C24H23NO/c1-17-14-18(2)24(19(3)15-17)25-22(20-10-6-4-7-11-20)16-23(26)21-12-8-5-9-13-21/h4-16,25H,1-3H3/b22-16-. The zero-order chi connectivity index (χ0) is 18.5. The quantitative estimate of drug-likeness (QED) is 0.459. The van der Waals surface area contributed by atoms with E-state index in [2.05, 4.69) is 38.2 Å². The van der Waals surface area contributed by atoms with Crippen molar-refractivity contribution in [1.29, 1.82) is 0 Å². The third-order valence-corrected chi connectivity index (χ3v) is 4.36. The van der Waals surface area contributed by atoms with Gasteiger partial charge in [-0.2, -0.15) is 0 Å². The van der Waals surface area contributed by atoms with Gasteiger partial charge in [0.05, 0.1) is 0 Å². The van der Waals surface area contributed by atoms with Crippen molar-refractivity contribution in [3.05, 3.63) is 107 Å². The zero-order valence-electron chi connectivity index (χ0n) is 15.4. The molecule has 0 bridgehead atoms. The topological polar surface area (TPSA) is 29.1 Å². The minimum Gasteiger partial charge on any atom is -0.354 e. The Balaban J connectivity index is 2.03. The molecule has 0 saturated carbocycles. The van der Waals surface area contributed by atoms with E-state index in [0.717, 1.165) is 28.1 Å². The summed E-state index contributed by atoms with van der Waals surface area (Å²) in [4.78, 5) is 12.7. The summed E-state index contributed by atoms with van der Waals surface area (Å²) in [6, 6.07) is 23.6. The molecule has 0 aliphatic carbocycles. The summed E-state index contributed by atoms with van der Waals surface area (Å²) in [6.07, 6.45) is 1.68. The average Bonchev–Trinajstić information content (AvgIpc) is 2.65. The van der Waals surface area contributed by atoms with Crippen LogP contribution in [-0.4, -0.2) is 5.78 Å². The third kappa shape index (κ3) is 4.09. The van der Waals surface area contributed by atoms with Crippen LogP contribution >= 0.6 is 0 Å². The van der Waals surface area contributed by atoms with E-state index in [1.807, 2.05) is 60.7 Å². The van der Waals surface area contributed by atoms with Gasteiger partial charge in [-0.05, 0) is 37.5 Å². The summed E-state index contributed by atoms with van der Waals surface area (Å²) in [5.41, 5.74) is 7.07. The van der Waals surface area contributed by atoms with E-state index in [-0.39, 0.29) is 5.78 Å². The minimum absolute atomic E-state index is 0.0145. The van der Waals surface area contributed by atoms with E-state index in [9.17, 15) is 4.79 Å². The van der Waals surface area contributed by atoms with Crippen LogP contribution in [0.2, 0.25) is 0 Å². The number of hydrogen-bond acceptors (Lipinski definition) is 2. The Morgan fingerprint density at radius 2 is 1.27 bits per heavy atom. The highest BCUT2D eigenvalue weighted by Crippen LogP contribution is 2.27. The van der Waals surface area contributed by atoms with Gasteiger partial charge in [0.1, 0.15) is 0 Å². The molecular weight excluding hydrogens is 318 g/mol. The van der Waals surface area contributed by atoms with Crippen molar-refractivity contribution in [3.63, 3.8) is 0 Å². The van der Waals surface area contributed by atoms with Crippen molar-refractivity contribution in [2.75, 3.05) is 5.32 Å². The Morgan fingerprint density at radius 3 is 1.81 bits per heavy atom. The van der Waals surface area contributed by atoms with Crippen LogP contribution in [0.25, 0.3) is 5.70 Å². The number of aryl methyl sites for hydroxylation is 3. The second-order valence-electron chi connectivity index (χ2n) is 6.55. The van der Waals surface area contributed by atoms with Crippen molar-refractivity contribution in [2.45, 2.75) is 20.8 Å². The molecule has 0 heterocycles. The molecule has 0 aliphatic heterocycles. The summed E-state index contributed by atoms with van der Waals surface area (Å²) in [5, 5.41) is 3.50. The molecule has 0 atom stereocenters. The number of hydrogen-bond donors (Lipinski definition) is 1. The summed E-state index contributed by atoms with van der Waals surface area (Å²) in [6.45, 7) is 6.27. The molecule has 3 aromatic rings. The summed E-state index contributed by atoms with van der Waals surface area (Å²) < 4.78 is 0. The molecule has 3 aromatic carbocycles. The molecule has 0 spiro atoms. The fourth-order valence-corrected chi connectivity index (χ4v) is 3.14. The molecule has 0 aliphatic rings. The lowest BCUT2D eigenvalue weighted by Gasteiger charge is -2.17. The maximum absolute atomic E-state index is 12.7. The second kappa shape index (κ2) is 7.83. The average molecular weight is 341 g/mol. The van der Waals surface area contributed by atoms with Gasteiger partial charge in [-0.25, -0.2) is 0 Å². The van der Waals surface area contributed by atoms with Gasteiger partial charge in [0, 0.05) is 23.0 Å². The molecule has 26 heavy (non-hydrogen) atoms. The number of carbonyl (C=O) groups excluding carboxylic acids is 1. The molecule has 0 saturated heterocycles. The van der Waals surface area contributed by atoms with Gasteiger partial charge in [0.15, 0.2) is 5.78 Å². The predicted molar refractivity (Wildman–Crippen MR) is 109 cm³/mol. The van der Waals surface area contributed by atoms with Crippen molar-refractivity contribution < 1.29 is 4.79 Å². The minimum atomic E-state index is -0.0145. The lowest BCUT2D eigenvalue weighted by molar-refractivity contribution is 0.104. The first kappa shape index (κ1) is 17.7. The summed E-state index contributed by atoms with van der Waals surface area (Å²) >= 11 is 0. The molecule has 0 unspecified atom stereocenters. The zero-order valence-corrected chi connectivity index (χ0v) is 15.4. The van der Waals surface area contributed by atoms with Crippen LogP contribution in [-0.2, 0) is 0 Å². The Hall–Kier alpha value is -3.13. The highest BCUT2D eigenvalue weighted by molar-refractivity contribution is 6.09. The number of ketones is 1. The number of carbonyl (C=O) groups is 1. The third-order valence-electron chi connectivity index (χ3n) is 4.36. The van der Waals surface area contributed by atoms with Crippen molar-refractivity contribution in [1.82, 2.24) is 0 Å². The molecule has 0 radical (unpaired) electrons. The van der Waals surface area contributed by atoms with Crippen LogP contribution < -0.4 is 5.32 Å². The Labute approximate surface area is 155 Å². The Bertz CT molecular complexity index is 917. The number of rotatable bonds is 5. The molecule has 2 heteroatoms. The number of benzene rings is 3. The summed E-state index contributed by atoms with van der Waals surface area (Å²) in [7, 11) is 0. The molecule has 0 aromatic heterocycles. The fourth-order valence-electron chi connectivity index (χ4n) is 3.14. The Kier molecular flexibility index (Phi) is 5.33. The molecule has 2 nitrogen and oxygen atoms in total. The van der Waals surface area contributed by atoms with Crippen LogP contribution in [0.5, 0.6) is 0 Å². The van der Waals surface area contributed by atoms with E-state index in [4.69, 9.17) is 0 Å². The van der Waals surface area contributed by atoms with Crippen molar-refractivity contribution >= 4 is 17.2 Å². The van der Waals surface area contributed by atoms with E-state index in [1.165, 1.54) is 5.56 Å². The number of allylic oxidation sites excluding steroid dienone is 1. The van der Waals surface area contributed by atoms with E-state index >= 15 is 0 Å². The first-order chi connectivity index (χ1) is 12.5. The van der Waals surface area contributed by atoms with Gasteiger partial charge in [0.25, 0.3) is 0 Å². The first-order valence-electron chi connectivity index (χ1n) is 8.76. The van der Waals surface area contributed by atoms with Gasteiger partial charge in [-0.15, -0.1) is 0 Å². The van der Waals surface area contributed by atoms with Crippen LogP contribution in [0.1, 0.15) is 32.6 Å². The molecule has 1 N–H and O–H groups in total. The van der Waals surface area contributed by atoms with Gasteiger partial charge >= 0.3 is 0 Å². The largest absolute Gasteiger partial charge is 0.354 e.